The molecular weight excluding hydrogens is 824 g/mol. The van der Waals surface area contributed by atoms with Gasteiger partial charge in [-0.1, -0.05) is 126 Å². The van der Waals surface area contributed by atoms with Gasteiger partial charge in [-0.25, -0.2) is 14.8 Å². The SMILES string of the molecule is CC(C)(C)c1ccc2[n-]c3c(-c4nc5c(-c6cccc(C(=O)O)n6)cccc5n4-c4cccc(-c5ccccc5)c4)cc(C(C)(C)C)cc3c2c1.[Pt]. The van der Waals surface area contributed by atoms with Crippen LogP contribution in [0.4, 0.5) is 0 Å². The normalized spacial score (nSPS) is 12.0. The second-order valence-corrected chi connectivity index (χ2v) is 15.3. The Balaban J connectivity index is 0.00000420. The quantitative estimate of drug-likeness (QED) is 0.186. The van der Waals surface area contributed by atoms with Gasteiger partial charge in [-0.2, -0.15) is 0 Å². The number of para-hydroxylation sites is 1. The van der Waals surface area contributed by atoms with E-state index in [2.05, 4.69) is 136 Å². The number of carbonyl (C=O) groups is 1. The monoisotopic (exact) mass is 862 g/mol. The molecule has 52 heavy (non-hydrogen) atoms. The summed E-state index contributed by atoms with van der Waals surface area (Å²) in [5, 5.41) is 12.0. The number of hydrogen-bond donors (Lipinski definition) is 1. The summed E-state index contributed by atoms with van der Waals surface area (Å²) in [6.07, 6.45) is 0. The second-order valence-electron chi connectivity index (χ2n) is 15.3. The molecule has 8 aromatic rings. The zero-order chi connectivity index (χ0) is 35.7. The second kappa shape index (κ2) is 13.0. The van der Waals surface area contributed by atoms with Crippen molar-refractivity contribution >= 4 is 38.8 Å². The summed E-state index contributed by atoms with van der Waals surface area (Å²) in [5.74, 6) is -0.315. The number of imidazole rings is 1. The molecule has 1 N–H and O–H groups in total. The summed E-state index contributed by atoms with van der Waals surface area (Å²) in [7, 11) is 0. The third-order valence-electron chi connectivity index (χ3n) is 9.74. The third kappa shape index (κ3) is 6.16. The number of benzene rings is 5. The summed E-state index contributed by atoms with van der Waals surface area (Å²) in [6, 6.07) is 41.2. The molecule has 0 aliphatic rings. The standard InChI is InChI=1S/C45H40N4O2.Pt/c1-44(2,3)29-21-22-37-33(24-29)34-25-30(45(4,5)6)26-35(40(34)47-37)42-48-41-32(36-18-12-19-38(46-36)43(50)51)17-11-20-39(41)49(42)31-16-10-15-28(23-31)27-13-8-7-9-14-27;/h7-26H,1-6H3,(H2,46,47,48,50,51);/p-1. The Morgan fingerprint density at radius 3 is 2.08 bits per heavy atom. The van der Waals surface area contributed by atoms with E-state index in [1.54, 1.807) is 6.07 Å². The number of carboxylic acid groups (broad SMARTS) is 1. The maximum absolute atomic E-state index is 11.9. The summed E-state index contributed by atoms with van der Waals surface area (Å²) in [6.45, 7) is 13.4. The van der Waals surface area contributed by atoms with Crippen LogP contribution in [0.3, 0.4) is 0 Å². The van der Waals surface area contributed by atoms with Gasteiger partial charge in [0.05, 0.1) is 16.7 Å². The van der Waals surface area contributed by atoms with Gasteiger partial charge < -0.3 is 10.1 Å². The fourth-order valence-corrected chi connectivity index (χ4v) is 6.91. The molecule has 7 heteroatoms. The molecular formula is C45H39N4O2Pt-. The zero-order valence-electron chi connectivity index (χ0n) is 30.0. The van der Waals surface area contributed by atoms with Crippen molar-refractivity contribution in [3.8, 4) is 39.5 Å². The van der Waals surface area contributed by atoms with Crippen LogP contribution in [0.15, 0.2) is 121 Å². The Morgan fingerprint density at radius 1 is 0.654 bits per heavy atom. The first-order chi connectivity index (χ1) is 24.4. The van der Waals surface area contributed by atoms with Crippen LogP contribution in [-0.2, 0) is 31.9 Å². The van der Waals surface area contributed by atoms with Crippen LogP contribution in [0, 0.1) is 0 Å². The number of aromatic carboxylic acids is 1. The van der Waals surface area contributed by atoms with E-state index in [4.69, 9.17) is 9.97 Å². The van der Waals surface area contributed by atoms with Gasteiger partial charge in [-0.3, -0.25) is 4.57 Å². The Morgan fingerprint density at radius 2 is 1.35 bits per heavy atom. The van der Waals surface area contributed by atoms with Crippen molar-refractivity contribution in [2.75, 3.05) is 0 Å². The van der Waals surface area contributed by atoms with Crippen LogP contribution < -0.4 is 4.98 Å². The minimum atomic E-state index is -1.07. The molecule has 6 nitrogen and oxygen atoms in total. The van der Waals surface area contributed by atoms with E-state index in [0.717, 1.165) is 66.6 Å². The Labute approximate surface area is 317 Å². The van der Waals surface area contributed by atoms with Gasteiger partial charge >= 0.3 is 5.97 Å². The molecule has 0 fully saturated rings. The summed E-state index contributed by atoms with van der Waals surface area (Å²) in [4.78, 5) is 27.2. The number of aromatic nitrogens is 4. The van der Waals surface area contributed by atoms with Gasteiger partial charge in [0.2, 0.25) is 0 Å². The molecule has 0 aliphatic carbocycles. The molecule has 5 aromatic carbocycles. The molecule has 0 saturated heterocycles. The Hall–Kier alpha value is -5.32. The van der Waals surface area contributed by atoms with Crippen molar-refractivity contribution in [1.29, 1.82) is 0 Å². The van der Waals surface area contributed by atoms with Crippen molar-refractivity contribution in [2.45, 2.75) is 52.4 Å². The first-order valence-electron chi connectivity index (χ1n) is 17.3. The van der Waals surface area contributed by atoms with Gasteiger partial charge in [-0.05, 0) is 80.3 Å². The van der Waals surface area contributed by atoms with E-state index in [9.17, 15) is 9.90 Å². The largest absolute Gasteiger partial charge is 0.656 e. The van der Waals surface area contributed by atoms with Crippen LogP contribution >= 0.6 is 0 Å². The van der Waals surface area contributed by atoms with E-state index in [1.807, 2.05) is 24.3 Å². The maximum Gasteiger partial charge on any atom is 0.354 e. The molecule has 0 radical (unpaired) electrons. The predicted octanol–water partition coefficient (Wildman–Crippen LogP) is 11.0. The Kier molecular flexibility index (Phi) is 8.79. The van der Waals surface area contributed by atoms with Crippen LogP contribution in [0.2, 0.25) is 0 Å². The van der Waals surface area contributed by atoms with Crippen LogP contribution in [0.25, 0.3) is 72.3 Å². The van der Waals surface area contributed by atoms with Crippen molar-refractivity contribution in [2.24, 2.45) is 0 Å². The minimum absolute atomic E-state index is 0. The maximum atomic E-state index is 11.9. The number of hydrogen-bond acceptors (Lipinski definition) is 3. The molecule has 0 atom stereocenters. The molecule has 3 heterocycles. The van der Waals surface area contributed by atoms with E-state index in [1.165, 1.54) is 17.2 Å². The zero-order valence-corrected chi connectivity index (χ0v) is 32.3. The van der Waals surface area contributed by atoms with Crippen molar-refractivity contribution in [1.82, 2.24) is 19.5 Å². The molecule has 0 saturated carbocycles. The molecule has 0 unspecified atom stereocenters. The third-order valence-corrected chi connectivity index (χ3v) is 9.74. The van der Waals surface area contributed by atoms with E-state index < -0.39 is 5.97 Å². The molecule has 0 amide bonds. The first kappa shape index (κ1) is 35.1. The first-order valence-corrected chi connectivity index (χ1v) is 17.3. The van der Waals surface area contributed by atoms with Crippen LogP contribution in [-0.4, -0.2) is 25.6 Å². The van der Waals surface area contributed by atoms with E-state index in [-0.39, 0.29) is 37.6 Å². The van der Waals surface area contributed by atoms with Gasteiger partial charge in [0.1, 0.15) is 11.5 Å². The average molecular weight is 863 g/mol. The Bertz CT molecular complexity index is 2640. The molecule has 0 bridgehead atoms. The van der Waals surface area contributed by atoms with E-state index >= 15 is 0 Å². The summed E-state index contributed by atoms with van der Waals surface area (Å²) in [5.41, 5.74) is 11.2. The number of fused-ring (bicyclic) bond motifs is 4. The van der Waals surface area contributed by atoms with Gasteiger partial charge in [0.15, 0.2) is 0 Å². The van der Waals surface area contributed by atoms with Crippen molar-refractivity contribution in [3.05, 3.63) is 138 Å². The molecule has 8 rings (SSSR count). The predicted molar refractivity (Wildman–Crippen MR) is 208 cm³/mol. The topological polar surface area (TPSA) is 82.1 Å². The number of carboxylic acids is 1. The fraction of sp³-hybridized carbons (Fsp3) is 0.178. The number of pyridine rings is 1. The smallest absolute Gasteiger partial charge is 0.354 e. The van der Waals surface area contributed by atoms with Crippen molar-refractivity contribution in [3.63, 3.8) is 0 Å². The van der Waals surface area contributed by atoms with E-state index in [0.29, 0.717) is 5.69 Å². The summed E-state index contributed by atoms with van der Waals surface area (Å²) >= 11 is 0. The minimum Gasteiger partial charge on any atom is -0.656 e. The van der Waals surface area contributed by atoms with Gasteiger partial charge in [0.25, 0.3) is 0 Å². The number of nitrogens with zero attached hydrogens (tertiary/aromatic N) is 4. The van der Waals surface area contributed by atoms with Gasteiger partial charge in [-0.15, -0.1) is 11.0 Å². The van der Waals surface area contributed by atoms with Gasteiger partial charge in [0, 0.05) is 37.9 Å². The average Bonchev–Trinajstić information content (AvgIpc) is 3.69. The number of rotatable bonds is 5. The van der Waals surface area contributed by atoms with Crippen molar-refractivity contribution < 1.29 is 31.0 Å². The fourth-order valence-electron chi connectivity index (χ4n) is 6.91. The molecule has 262 valence electrons. The molecule has 0 spiro atoms. The van der Waals surface area contributed by atoms with Crippen LogP contribution in [0.1, 0.15) is 63.2 Å². The molecule has 0 aliphatic heterocycles. The summed E-state index contributed by atoms with van der Waals surface area (Å²) < 4.78 is 2.22. The molecule has 3 aromatic heterocycles. The van der Waals surface area contributed by atoms with Crippen LogP contribution in [0.5, 0.6) is 0 Å².